The fourth-order valence-corrected chi connectivity index (χ4v) is 4.33. The van der Waals surface area contributed by atoms with Crippen LogP contribution in [-0.4, -0.2) is 27.9 Å². The molecule has 2 rings (SSSR count). The van der Waals surface area contributed by atoms with Crippen LogP contribution in [0.5, 0.6) is 0 Å². The Bertz CT molecular complexity index is 910. The van der Waals surface area contributed by atoms with Crippen LogP contribution >= 0.6 is 0 Å². The van der Waals surface area contributed by atoms with E-state index in [0.717, 1.165) is 0 Å². The van der Waals surface area contributed by atoms with Crippen LogP contribution in [0.15, 0.2) is 58.6 Å². The van der Waals surface area contributed by atoms with E-state index in [0.29, 0.717) is 5.69 Å². The lowest BCUT2D eigenvalue weighted by Gasteiger charge is -2.17. The SMILES string of the molecule is CC(C)[C@H](C)NS(=O)(=O)c1ccc(S(=O)(=O)Nc2ccncc2)cc1. The summed E-state index contributed by atoms with van der Waals surface area (Å²) >= 11 is 0. The number of benzene rings is 1. The Balaban J connectivity index is 2.22. The molecule has 1 heterocycles. The van der Waals surface area contributed by atoms with Gasteiger partial charge in [-0.2, -0.15) is 0 Å². The summed E-state index contributed by atoms with van der Waals surface area (Å²) in [4.78, 5) is 3.80. The zero-order valence-corrected chi connectivity index (χ0v) is 15.8. The molecular formula is C16H21N3O4S2. The van der Waals surface area contributed by atoms with Gasteiger partial charge in [0.15, 0.2) is 0 Å². The maximum absolute atomic E-state index is 12.3. The highest BCUT2D eigenvalue weighted by molar-refractivity contribution is 7.92. The molecule has 1 atom stereocenters. The maximum atomic E-state index is 12.3. The van der Waals surface area contributed by atoms with Gasteiger partial charge in [-0.15, -0.1) is 0 Å². The van der Waals surface area contributed by atoms with Crippen LogP contribution in [0.2, 0.25) is 0 Å². The zero-order chi connectivity index (χ0) is 18.7. The summed E-state index contributed by atoms with van der Waals surface area (Å²) in [6, 6.07) is 7.88. The van der Waals surface area contributed by atoms with Crippen LogP contribution in [0.3, 0.4) is 0 Å². The van der Waals surface area contributed by atoms with E-state index < -0.39 is 20.0 Å². The first-order valence-corrected chi connectivity index (χ1v) is 10.6. The van der Waals surface area contributed by atoms with E-state index in [4.69, 9.17) is 0 Å². The third-order valence-corrected chi connectivity index (χ3v) is 6.69. The molecule has 0 aliphatic rings. The summed E-state index contributed by atoms with van der Waals surface area (Å²) in [5.74, 6) is 0.138. The van der Waals surface area contributed by atoms with Gasteiger partial charge in [-0.25, -0.2) is 21.6 Å². The summed E-state index contributed by atoms with van der Waals surface area (Å²) < 4.78 is 54.3. The molecule has 0 bridgehead atoms. The van der Waals surface area contributed by atoms with Gasteiger partial charge in [0, 0.05) is 18.4 Å². The molecule has 25 heavy (non-hydrogen) atoms. The van der Waals surface area contributed by atoms with Crippen LogP contribution in [0.4, 0.5) is 5.69 Å². The molecule has 0 aliphatic heterocycles. The Kier molecular flexibility index (Phi) is 5.81. The highest BCUT2D eigenvalue weighted by Crippen LogP contribution is 2.18. The van der Waals surface area contributed by atoms with E-state index in [-0.39, 0.29) is 21.8 Å². The lowest BCUT2D eigenvalue weighted by Crippen LogP contribution is -2.36. The van der Waals surface area contributed by atoms with Crippen molar-refractivity contribution in [1.29, 1.82) is 0 Å². The van der Waals surface area contributed by atoms with Crippen molar-refractivity contribution in [3.63, 3.8) is 0 Å². The molecule has 136 valence electrons. The fourth-order valence-electron chi connectivity index (χ4n) is 1.88. The molecule has 9 heteroatoms. The van der Waals surface area contributed by atoms with Crippen LogP contribution < -0.4 is 9.44 Å². The van der Waals surface area contributed by atoms with Gasteiger partial charge in [-0.3, -0.25) is 9.71 Å². The maximum Gasteiger partial charge on any atom is 0.261 e. The van der Waals surface area contributed by atoms with Crippen molar-refractivity contribution in [2.75, 3.05) is 4.72 Å². The first kappa shape index (κ1) is 19.4. The standard InChI is InChI=1S/C16H21N3O4S2/c1-12(2)13(3)18-24(20,21)15-4-6-16(7-5-15)25(22,23)19-14-8-10-17-11-9-14/h4-13,18H,1-3H3,(H,17,19)/t13-/m0/s1. The van der Waals surface area contributed by atoms with Crippen LogP contribution in [0.1, 0.15) is 20.8 Å². The highest BCUT2D eigenvalue weighted by atomic mass is 32.2. The van der Waals surface area contributed by atoms with Crippen molar-refractivity contribution < 1.29 is 16.8 Å². The largest absolute Gasteiger partial charge is 0.280 e. The molecule has 0 saturated heterocycles. The van der Waals surface area contributed by atoms with E-state index in [9.17, 15) is 16.8 Å². The van der Waals surface area contributed by atoms with Gasteiger partial charge in [0.1, 0.15) is 0 Å². The van der Waals surface area contributed by atoms with E-state index in [1.165, 1.54) is 48.8 Å². The summed E-state index contributed by atoms with van der Waals surface area (Å²) in [5.41, 5.74) is 0.374. The lowest BCUT2D eigenvalue weighted by molar-refractivity contribution is 0.476. The van der Waals surface area contributed by atoms with Gasteiger partial charge in [0.2, 0.25) is 10.0 Å². The molecular weight excluding hydrogens is 362 g/mol. The second-order valence-electron chi connectivity index (χ2n) is 5.97. The van der Waals surface area contributed by atoms with Crippen molar-refractivity contribution in [3.05, 3.63) is 48.8 Å². The van der Waals surface area contributed by atoms with E-state index in [1.54, 1.807) is 6.92 Å². The first-order valence-electron chi connectivity index (χ1n) is 7.67. The number of aromatic nitrogens is 1. The number of anilines is 1. The number of sulfonamides is 2. The predicted molar refractivity (Wildman–Crippen MR) is 96.1 cm³/mol. The molecule has 2 aromatic rings. The second-order valence-corrected chi connectivity index (χ2v) is 9.36. The van der Waals surface area contributed by atoms with Crippen molar-refractivity contribution in [1.82, 2.24) is 9.71 Å². The Morgan fingerprint density at radius 2 is 1.28 bits per heavy atom. The Morgan fingerprint density at radius 1 is 0.800 bits per heavy atom. The molecule has 0 spiro atoms. The number of hydrogen-bond donors (Lipinski definition) is 2. The first-order chi connectivity index (χ1) is 11.6. The average molecular weight is 383 g/mol. The average Bonchev–Trinajstić information content (AvgIpc) is 2.55. The van der Waals surface area contributed by atoms with Gasteiger partial charge >= 0.3 is 0 Å². The number of rotatable bonds is 7. The molecule has 0 fully saturated rings. The minimum absolute atomic E-state index is 0.0165. The van der Waals surface area contributed by atoms with Crippen LogP contribution in [0, 0.1) is 5.92 Å². The van der Waals surface area contributed by atoms with Crippen molar-refractivity contribution >= 4 is 25.7 Å². The predicted octanol–water partition coefficient (Wildman–Crippen LogP) is 2.21. The minimum Gasteiger partial charge on any atom is -0.280 e. The van der Waals surface area contributed by atoms with Gasteiger partial charge in [0.05, 0.1) is 15.5 Å². The minimum atomic E-state index is -3.81. The van der Waals surface area contributed by atoms with Gasteiger partial charge in [0.25, 0.3) is 10.0 Å². The van der Waals surface area contributed by atoms with Gasteiger partial charge in [-0.05, 0) is 49.2 Å². The molecule has 0 saturated carbocycles. The monoisotopic (exact) mass is 383 g/mol. The van der Waals surface area contributed by atoms with E-state index in [2.05, 4.69) is 14.4 Å². The topological polar surface area (TPSA) is 105 Å². The van der Waals surface area contributed by atoms with E-state index in [1.807, 2.05) is 13.8 Å². The third kappa shape index (κ3) is 5.00. The third-order valence-electron chi connectivity index (χ3n) is 3.72. The van der Waals surface area contributed by atoms with Crippen molar-refractivity contribution in [2.45, 2.75) is 36.6 Å². The molecule has 0 amide bonds. The van der Waals surface area contributed by atoms with Gasteiger partial charge in [-0.1, -0.05) is 13.8 Å². The number of pyridine rings is 1. The fraction of sp³-hybridized carbons (Fsp3) is 0.312. The van der Waals surface area contributed by atoms with Crippen molar-refractivity contribution in [2.24, 2.45) is 5.92 Å². The molecule has 7 nitrogen and oxygen atoms in total. The molecule has 2 N–H and O–H groups in total. The lowest BCUT2D eigenvalue weighted by atomic mass is 10.1. The summed E-state index contributed by atoms with van der Waals surface area (Å²) in [5, 5.41) is 0. The quantitative estimate of drug-likeness (QED) is 0.762. The molecule has 0 radical (unpaired) electrons. The zero-order valence-electron chi connectivity index (χ0n) is 14.2. The number of hydrogen-bond acceptors (Lipinski definition) is 5. The van der Waals surface area contributed by atoms with Crippen molar-refractivity contribution in [3.8, 4) is 0 Å². The Morgan fingerprint density at radius 3 is 1.76 bits per heavy atom. The van der Waals surface area contributed by atoms with E-state index >= 15 is 0 Å². The highest BCUT2D eigenvalue weighted by Gasteiger charge is 2.21. The summed E-state index contributed by atoms with van der Waals surface area (Å²) in [6.45, 7) is 5.60. The molecule has 1 aromatic carbocycles. The Labute approximate surface area is 148 Å². The number of nitrogens with one attached hydrogen (secondary N) is 2. The molecule has 1 aromatic heterocycles. The van der Waals surface area contributed by atoms with Crippen LogP contribution in [0.25, 0.3) is 0 Å². The van der Waals surface area contributed by atoms with Gasteiger partial charge < -0.3 is 0 Å². The molecule has 0 aliphatic carbocycles. The molecule has 0 unspecified atom stereocenters. The number of nitrogens with zero attached hydrogens (tertiary/aromatic N) is 1. The summed E-state index contributed by atoms with van der Waals surface area (Å²) in [6.07, 6.45) is 2.93. The second kappa shape index (κ2) is 7.51. The normalized spacial score (nSPS) is 13.6. The smallest absolute Gasteiger partial charge is 0.261 e. The summed E-state index contributed by atoms with van der Waals surface area (Å²) in [7, 11) is -7.50. The Hall–Kier alpha value is -1.97. The van der Waals surface area contributed by atoms with Crippen LogP contribution in [-0.2, 0) is 20.0 Å².